The molecule has 0 saturated carbocycles. The Balaban J connectivity index is 2.82. The molecule has 0 bridgehead atoms. The van der Waals surface area contributed by atoms with Gasteiger partial charge in [-0.15, -0.1) is 11.3 Å². The summed E-state index contributed by atoms with van der Waals surface area (Å²) in [4.78, 5) is 1.11. The highest BCUT2D eigenvalue weighted by atomic mass is 32.1. The zero-order valence-corrected chi connectivity index (χ0v) is 6.94. The Bertz CT molecular complexity index is 209. The van der Waals surface area contributed by atoms with Gasteiger partial charge in [-0.05, 0) is 18.4 Å². The van der Waals surface area contributed by atoms with Gasteiger partial charge in [-0.1, -0.05) is 0 Å². The second-order valence-electron chi connectivity index (χ2n) is 2.12. The fraction of sp³-hybridized carbons (Fsp3) is 0.429. The van der Waals surface area contributed by atoms with Crippen LogP contribution in [0.2, 0.25) is 0 Å². The van der Waals surface area contributed by atoms with E-state index in [0.29, 0.717) is 0 Å². The van der Waals surface area contributed by atoms with Crippen LogP contribution in [-0.4, -0.2) is 7.11 Å². The zero-order valence-electron chi connectivity index (χ0n) is 6.13. The molecule has 1 aromatic rings. The zero-order chi connectivity index (χ0) is 7.56. The van der Waals surface area contributed by atoms with E-state index in [1.165, 1.54) is 0 Å². The SMILES string of the molecule is COC(C)c1sccc1N. The first-order chi connectivity index (χ1) is 4.75. The molecule has 0 radical (unpaired) electrons. The van der Waals surface area contributed by atoms with Crippen molar-refractivity contribution in [3.05, 3.63) is 16.3 Å². The lowest BCUT2D eigenvalue weighted by Gasteiger charge is -2.06. The van der Waals surface area contributed by atoms with Gasteiger partial charge in [0, 0.05) is 12.8 Å². The summed E-state index contributed by atoms with van der Waals surface area (Å²) >= 11 is 1.63. The van der Waals surface area contributed by atoms with Crippen LogP contribution >= 0.6 is 11.3 Å². The van der Waals surface area contributed by atoms with Crippen LogP contribution in [0.1, 0.15) is 17.9 Å². The molecule has 0 aliphatic rings. The van der Waals surface area contributed by atoms with E-state index in [-0.39, 0.29) is 6.10 Å². The second kappa shape index (κ2) is 3.03. The molecule has 1 unspecified atom stereocenters. The fourth-order valence-electron chi connectivity index (χ4n) is 0.768. The van der Waals surface area contributed by atoms with Gasteiger partial charge in [0.1, 0.15) is 0 Å². The van der Waals surface area contributed by atoms with Crippen LogP contribution in [0.25, 0.3) is 0 Å². The standard InChI is InChI=1S/C7H11NOS/c1-5(9-2)7-6(8)3-4-10-7/h3-5H,8H2,1-2H3. The van der Waals surface area contributed by atoms with Crippen LogP contribution in [0.4, 0.5) is 5.69 Å². The molecule has 0 aliphatic heterocycles. The van der Waals surface area contributed by atoms with Crippen molar-refractivity contribution in [3.63, 3.8) is 0 Å². The van der Waals surface area contributed by atoms with Gasteiger partial charge in [-0.25, -0.2) is 0 Å². The summed E-state index contributed by atoms with van der Waals surface area (Å²) in [6.45, 7) is 1.99. The van der Waals surface area contributed by atoms with Crippen LogP contribution in [0.5, 0.6) is 0 Å². The van der Waals surface area contributed by atoms with E-state index >= 15 is 0 Å². The van der Waals surface area contributed by atoms with Gasteiger partial charge in [-0.2, -0.15) is 0 Å². The third-order valence-corrected chi connectivity index (χ3v) is 2.54. The summed E-state index contributed by atoms with van der Waals surface area (Å²) in [7, 11) is 1.68. The minimum atomic E-state index is 0.125. The topological polar surface area (TPSA) is 35.2 Å². The summed E-state index contributed by atoms with van der Waals surface area (Å²) in [6, 6.07) is 1.90. The molecule has 0 aliphatic carbocycles. The summed E-state index contributed by atoms with van der Waals surface area (Å²) in [5.74, 6) is 0. The minimum absolute atomic E-state index is 0.125. The van der Waals surface area contributed by atoms with Crippen molar-refractivity contribution in [2.75, 3.05) is 12.8 Å². The number of anilines is 1. The number of hydrogen-bond donors (Lipinski definition) is 1. The predicted molar refractivity (Wildman–Crippen MR) is 44.2 cm³/mol. The molecule has 1 atom stereocenters. The third-order valence-electron chi connectivity index (χ3n) is 1.45. The van der Waals surface area contributed by atoms with Gasteiger partial charge in [-0.3, -0.25) is 0 Å². The lowest BCUT2D eigenvalue weighted by Crippen LogP contribution is -1.96. The van der Waals surface area contributed by atoms with Crippen LogP contribution in [0.3, 0.4) is 0 Å². The largest absolute Gasteiger partial charge is 0.398 e. The van der Waals surface area contributed by atoms with Crippen molar-refractivity contribution in [1.82, 2.24) is 0 Å². The van der Waals surface area contributed by atoms with Gasteiger partial charge in [0.25, 0.3) is 0 Å². The molecule has 2 nitrogen and oxygen atoms in total. The lowest BCUT2D eigenvalue weighted by atomic mass is 10.3. The fourth-order valence-corrected chi connectivity index (χ4v) is 1.62. The van der Waals surface area contributed by atoms with Crippen molar-refractivity contribution in [2.45, 2.75) is 13.0 Å². The van der Waals surface area contributed by atoms with Gasteiger partial charge < -0.3 is 10.5 Å². The first-order valence-corrected chi connectivity index (χ1v) is 3.99. The number of thiophene rings is 1. The Morgan fingerprint density at radius 1 is 1.70 bits per heavy atom. The van der Waals surface area contributed by atoms with E-state index in [1.54, 1.807) is 18.4 Å². The highest BCUT2D eigenvalue weighted by Gasteiger charge is 2.07. The molecular formula is C7H11NOS. The molecule has 0 saturated heterocycles. The monoisotopic (exact) mass is 157 g/mol. The summed E-state index contributed by atoms with van der Waals surface area (Å²) < 4.78 is 5.11. The molecular weight excluding hydrogens is 146 g/mol. The van der Waals surface area contributed by atoms with Crippen LogP contribution in [0.15, 0.2) is 11.4 Å². The molecule has 0 fully saturated rings. The maximum Gasteiger partial charge on any atom is 0.0905 e. The highest BCUT2D eigenvalue weighted by Crippen LogP contribution is 2.27. The molecule has 0 spiro atoms. The van der Waals surface area contributed by atoms with E-state index in [9.17, 15) is 0 Å². The molecule has 0 amide bonds. The normalized spacial score (nSPS) is 13.4. The number of nitrogens with two attached hydrogens (primary N) is 1. The average molecular weight is 157 g/mol. The van der Waals surface area contributed by atoms with E-state index in [0.717, 1.165) is 10.6 Å². The quantitative estimate of drug-likeness (QED) is 0.713. The van der Waals surface area contributed by atoms with E-state index in [2.05, 4.69) is 0 Å². The third kappa shape index (κ3) is 1.30. The van der Waals surface area contributed by atoms with Crippen molar-refractivity contribution >= 4 is 17.0 Å². The lowest BCUT2D eigenvalue weighted by molar-refractivity contribution is 0.123. The van der Waals surface area contributed by atoms with Crippen molar-refractivity contribution < 1.29 is 4.74 Å². The predicted octanol–water partition coefficient (Wildman–Crippen LogP) is 2.04. The Morgan fingerprint density at radius 2 is 2.40 bits per heavy atom. The highest BCUT2D eigenvalue weighted by molar-refractivity contribution is 7.10. The maximum atomic E-state index is 5.65. The summed E-state index contributed by atoms with van der Waals surface area (Å²) in [5, 5.41) is 1.97. The van der Waals surface area contributed by atoms with Crippen molar-refractivity contribution in [3.8, 4) is 0 Å². The summed E-state index contributed by atoms with van der Waals surface area (Å²) in [6.07, 6.45) is 0.125. The number of rotatable bonds is 2. The van der Waals surface area contributed by atoms with Crippen LogP contribution in [-0.2, 0) is 4.74 Å². The molecule has 3 heteroatoms. The van der Waals surface area contributed by atoms with Gasteiger partial charge in [0.15, 0.2) is 0 Å². The maximum absolute atomic E-state index is 5.65. The first-order valence-electron chi connectivity index (χ1n) is 3.11. The first kappa shape index (κ1) is 7.57. The summed E-state index contributed by atoms with van der Waals surface area (Å²) in [5.41, 5.74) is 6.48. The minimum Gasteiger partial charge on any atom is -0.398 e. The molecule has 56 valence electrons. The molecule has 1 rings (SSSR count). The average Bonchev–Trinajstić information content (AvgIpc) is 2.34. The van der Waals surface area contributed by atoms with Gasteiger partial charge in [0.05, 0.1) is 11.0 Å². The van der Waals surface area contributed by atoms with Gasteiger partial charge >= 0.3 is 0 Å². The Hall–Kier alpha value is -0.540. The van der Waals surface area contributed by atoms with E-state index < -0.39 is 0 Å². The Labute approximate surface area is 64.6 Å². The Kier molecular flexibility index (Phi) is 2.29. The Morgan fingerprint density at radius 3 is 2.80 bits per heavy atom. The molecule has 1 heterocycles. The van der Waals surface area contributed by atoms with Crippen LogP contribution < -0.4 is 5.73 Å². The molecule has 2 N–H and O–H groups in total. The smallest absolute Gasteiger partial charge is 0.0905 e. The van der Waals surface area contributed by atoms with E-state index in [4.69, 9.17) is 10.5 Å². The van der Waals surface area contributed by atoms with Crippen molar-refractivity contribution in [1.29, 1.82) is 0 Å². The molecule has 1 aromatic heterocycles. The van der Waals surface area contributed by atoms with Crippen molar-refractivity contribution in [2.24, 2.45) is 0 Å². The number of methoxy groups -OCH3 is 1. The molecule has 10 heavy (non-hydrogen) atoms. The van der Waals surface area contributed by atoms with Gasteiger partial charge in [0.2, 0.25) is 0 Å². The molecule has 0 aromatic carbocycles. The number of nitrogen functional groups attached to an aromatic ring is 1. The van der Waals surface area contributed by atoms with Crippen LogP contribution in [0, 0.1) is 0 Å². The second-order valence-corrected chi connectivity index (χ2v) is 3.07. The number of ether oxygens (including phenoxy) is 1. The number of hydrogen-bond acceptors (Lipinski definition) is 3. The van der Waals surface area contributed by atoms with E-state index in [1.807, 2.05) is 18.4 Å².